The fourth-order valence-corrected chi connectivity index (χ4v) is 7.99. The highest BCUT2D eigenvalue weighted by atomic mass is 32.1. The van der Waals surface area contributed by atoms with Crippen LogP contribution >= 0.6 is 34.4 Å². The number of aromatic nitrogens is 4. The fourth-order valence-electron chi connectivity index (χ4n) is 5.27. The minimum absolute atomic E-state index is 0.131. The van der Waals surface area contributed by atoms with Crippen molar-refractivity contribution in [3.8, 4) is 53.3 Å². The van der Waals surface area contributed by atoms with Crippen molar-refractivity contribution < 1.29 is 19.0 Å². The summed E-state index contributed by atoms with van der Waals surface area (Å²) >= 11 is 3.91. The van der Waals surface area contributed by atoms with Gasteiger partial charge in [0, 0.05) is 53.9 Å². The lowest BCUT2D eigenvalue weighted by atomic mass is 10.0. The summed E-state index contributed by atoms with van der Waals surface area (Å²) in [5.41, 5.74) is 6.82. The molecular weight excluding hydrogens is 607 g/mol. The molecule has 0 atom stereocenters. The molecule has 0 amide bonds. The van der Waals surface area contributed by atoms with E-state index in [4.69, 9.17) is 18.7 Å². The monoisotopic (exact) mass is 628 g/mol. The van der Waals surface area contributed by atoms with E-state index in [1.54, 1.807) is 12.1 Å². The number of aryl methyl sites for hydroxylation is 2. The lowest BCUT2D eigenvalue weighted by Crippen LogP contribution is -2.03. The number of phenolic OH excluding ortho intramolecular Hbond substituents is 2. The summed E-state index contributed by atoms with van der Waals surface area (Å²) in [6, 6.07) is 15.8. The molecule has 214 valence electrons. The van der Waals surface area contributed by atoms with Crippen molar-refractivity contribution in [3.05, 3.63) is 83.7 Å². The number of benzene rings is 3. The van der Waals surface area contributed by atoms with E-state index < -0.39 is 11.6 Å². The van der Waals surface area contributed by atoms with Gasteiger partial charge in [0.1, 0.15) is 45.2 Å². The van der Waals surface area contributed by atoms with Crippen LogP contribution < -0.4 is 0 Å². The van der Waals surface area contributed by atoms with Crippen LogP contribution in [0.3, 0.4) is 0 Å². The lowest BCUT2D eigenvalue weighted by Gasteiger charge is -2.13. The molecule has 0 spiro atoms. The molecule has 0 unspecified atom stereocenters. The highest BCUT2D eigenvalue weighted by molar-refractivity contribution is 7.19. The van der Waals surface area contributed by atoms with E-state index in [1.807, 2.05) is 38.1 Å². The van der Waals surface area contributed by atoms with Crippen LogP contribution in [0.1, 0.15) is 25.2 Å². The Labute approximate surface area is 256 Å². The minimum Gasteiger partial charge on any atom is -0.508 e. The van der Waals surface area contributed by atoms with Gasteiger partial charge in [-0.2, -0.15) is 8.75 Å². The third-order valence-electron chi connectivity index (χ3n) is 7.30. The molecule has 0 saturated heterocycles. The van der Waals surface area contributed by atoms with Crippen LogP contribution in [0.25, 0.3) is 63.8 Å². The summed E-state index contributed by atoms with van der Waals surface area (Å²) in [4.78, 5) is 13.4. The number of halogens is 2. The first kappa shape index (κ1) is 27.5. The normalized spacial score (nSPS) is 11.6. The summed E-state index contributed by atoms with van der Waals surface area (Å²) in [6.45, 7) is 4.10. The molecule has 0 aliphatic carbocycles. The molecule has 0 bridgehead atoms. The van der Waals surface area contributed by atoms with Gasteiger partial charge in [-0.25, -0.2) is 18.7 Å². The van der Waals surface area contributed by atoms with Gasteiger partial charge >= 0.3 is 0 Å². The molecule has 4 aromatic heterocycles. The zero-order valence-corrected chi connectivity index (χ0v) is 25.3. The number of fused-ring (bicyclic) bond motifs is 2. The minimum atomic E-state index is -0.506. The maximum Gasteiger partial charge on any atom is 0.135 e. The van der Waals surface area contributed by atoms with E-state index >= 15 is 0 Å². The maximum atomic E-state index is 14.8. The van der Waals surface area contributed by atoms with Crippen LogP contribution in [0.15, 0.2) is 60.7 Å². The van der Waals surface area contributed by atoms with E-state index in [2.05, 4.69) is 0 Å². The molecule has 0 aliphatic heterocycles. The van der Waals surface area contributed by atoms with Crippen molar-refractivity contribution >= 4 is 56.5 Å². The van der Waals surface area contributed by atoms with E-state index in [0.717, 1.165) is 56.1 Å². The van der Waals surface area contributed by atoms with Gasteiger partial charge in [0.05, 0.1) is 23.1 Å². The predicted molar refractivity (Wildman–Crippen MR) is 170 cm³/mol. The Morgan fingerprint density at radius 1 is 0.581 bits per heavy atom. The van der Waals surface area contributed by atoms with Crippen LogP contribution in [0.5, 0.6) is 11.5 Å². The van der Waals surface area contributed by atoms with Gasteiger partial charge in [0.15, 0.2) is 0 Å². The van der Waals surface area contributed by atoms with E-state index in [1.165, 1.54) is 34.8 Å². The Balaban J connectivity index is 1.49. The molecule has 43 heavy (non-hydrogen) atoms. The van der Waals surface area contributed by atoms with Crippen LogP contribution in [0, 0.1) is 11.6 Å². The van der Waals surface area contributed by atoms with Crippen molar-refractivity contribution in [2.75, 3.05) is 0 Å². The smallest absolute Gasteiger partial charge is 0.135 e. The third-order valence-corrected chi connectivity index (χ3v) is 10.1. The highest BCUT2D eigenvalue weighted by Crippen LogP contribution is 2.47. The number of hydrogen-bond acceptors (Lipinski definition) is 9. The van der Waals surface area contributed by atoms with Gasteiger partial charge < -0.3 is 10.2 Å². The number of hydrogen-bond donors (Lipinski definition) is 2. The van der Waals surface area contributed by atoms with Crippen LogP contribution in [-0.4, -0.2) is 28.9 Å². The van der Waals surface area contributed by atoms with E-state index in [9.17, 15) is 19.0 Å². The lowest BCUT2D eigenvalue weighted by molar-refractivity contribution is 0.469. The quantitative estimate of drug-likeness (QED) is 0.191. The third kappa shape index (κ3) is 4.64. The molecule has 7 aromatic rings. The second-order valence-corrected chi connectivity index (χ2v) is 12.6. The van der Waals surface area contributed by atoms with Crippen LogP contribution in [-0.2, 0) is 12.8 Å². The number of thiophene rings is 2. The van der Waals surface area contributed by atoms with Crippen LogP contribution in [0.4, 0.5) is 8.78 Å². The first-order chi connectivity index (χ1) is 20.9. The zero-order chi connectivity index (χ0) is 29.8. The van der Waals surface area contributed by atoms with Gasteiger partial charge in [-0.1, -0.05) is 13.8 Å². The van der Waals surface area contributed by atoms with Crippen molar-refractivity contribution in [3.63, 3.8) is 0 Å². The zero-order valence-electron chi connectivity index (χ0n) is 22.9. The molecule has 3 aromatic carbocycles. The van der Waals surface area contributed by atoms with Crippen molar-refractivity contribution in [2.45, 2.75) is 26.7 Å². The summed E-state index contributed by atoms with van der Waals surface area (Å²) in [5.74, 6) is -1.27. The second-order valence-electron chi connectivity index (χ2n) is 9.89. The van der Waals surface area contributed by atoms with Crippen molar-refractivity contribution in [2.24, 2.45) is 0 Å². The average Bonchev–Trinajstić information content (AvgIpc) is 3.77. The molecule has 6 nitrogen and oxygen atoms in total. The molecule has 4 heterocycles. The maximum absolute atomic E-state index is 14.8. The van der Waals surface area contributed by atoms with Crippen LogP contribution in [0.2, 0.25) is 0 Å². The Bertz CT molecular complexity index is 2040. The van der Waals surface area contributed by atoms with E-state index in [0.29, 0.717) is 55.8 Å². The molecular formula is C32H22F2N4O2S3. The largest absolute Gasteiger partial charge is 0.508 e. The number of phenols is 2. The molecule has 7 rings (SSSR count). The summed E-state index contributed by atoms with van der Waals surface area (Å²) in [6.07, 6.45) is 1.40. The highest BCUT2D eigenvalue weighted by Gasteiger charge is 2.26. The van der Waals surface area contributed by atoms with Gasteiger partial charge in [-0.05, 0) is 61.4 Å². The fraction of sp³-hybridized carbons (Fsp3) is 0.125. The van der Waals surface area contributed by atoms with Crippen molar-refractivity contribution in [1.29, 1.82) is 0 Å². The number of aromatic hydroxyl groups is 2. The molecule has 0 aliphatic rings. The topological polar surface area (TPSA) is 92.0 Å². The number of rotatable bonds is 6. The average molecular weight is 629 g/mol. The molecule has 11 heteroatoms. The standard InChI is InChI=1S/C32H22F2N4O2S3/c1-3-21-22(4-2)36-30-28(26-12-10-24(42-26)18-8-6-16(40)14-20(18)34)32-31(37-43-38-32)27(29(30)35-21)25-11-9-23(41-25)17-7-5-15(39)13-19(17)33/h5-14,39-40H,3-4H2,1-2H3. The SMILES string of the molecule is CCc1nc2c(-c3ccc(-c4ccc(O)cc4F)s3)c3nsnc3c(-c3ccc(-c4ccc(O)cc4F)s3)c2nc1CC. The second kappa shape index (κ2) is 10.7. The van der Waals surface area contributed by atoms with Gasteiger partial charge in [0.2, 0.25) is 0 Å². The van der Waals surface area contributed by atoms with Gasteiger partial charge in [0.25, 0.3) is 0 Å². The Kier molecular flexibility index (Phi) is 6.88. The first-order valence-electron chi connectivity index (χ1n) is 13.5. The van der Waals surface area contributed by atoms with Crippen molar-refractivity contribution in [1.82, 2.24) is 18.7 Å². The predicted octanol–water partition coefficient (Wildman–Crippen LogP) is 9.24. The Hall–Kier alpha value is -4.32. The van der Waals surface area contributed by atoms with Gasteiger partial charge in [-0.15, -0.1) is 22.7 Å². The van der Waals surface area contributed by atoms with E-state index in [-0.39, 0.29) is 11.5 Å². The molecule has 0 radical (unpaired) electrons. The summed E-state index contributed by atoms with van der Waals surface area (Å²) in [7, 11) is 0. The molecule has 2 N–H and O–H groups in total. The number of nitrogens with zero attached hydrogens (tertiary/aromatic N) is 4. The first-order valence-corrected chi connectivity index (χ1v) is 15.9. The Morgan fingerprint density at radius 3 is 1.40 bits per heavy atom. The van der Waals surface area contributed by atoms with Gasteiger partial charge in [-0.3, -0.25) is 0 Å². The molecule has 0 saturated carbocycles. The summed E-state index contributed by atoms with van der Waals surface area (Å²) in [5, 5.41) is 19.4. The summed E-state index contributed by atoms with van der Waals surface area (Å²) < 4.78 is 38.9. The Morgan fingerprint density at radius 2 is 1.00 bits per heavy atom. The molecule has 0 fully saturated rings.